The summed E-state index contributed by atoms with van der Waals surface area (Å²) in [6.07, 6.45) is 1.36. The Kier molecular flexibility index (Phi) is 3.96. The number of rotatable bonds is 4. The molecule has 7 heteroatoms. The standard InChI is InChI=1S/C9H11IN6/c10-14-9(15-16-11)8-6-3-1-2-4-7(6)12-5-13-8/h1-5,9,14-16H,11H2. The van der Waals surface area contributed by atoms with Crippen LogP contribution >= 0.6 is 22.9 Å². The molecular formula is C9H11IN6. The highest BCUT2D eigenvalue weighted by Crippen LogP contribution is 2.18. The van der Waals surface area contributed by atoms with Crippen molar-refractivity contribution in [3.63, 3.8) is 0 Å². The molecule has 0 saturated carbocycles. The SMILES string of the molecule is NNNC(NI)c1ncnc2ccccc12. The molecule has 1 heterocycles. The van der Waals surface area contributed by atoms with Gasteiger partial charge in [-0.3, -0.25) is 5.84 Å². The number of nitrogens with one attached hydrogen (secondary N) is 3. The predicted molar refractivity (Wildman–Crippen MR) is 69.9 cm³/mol. The molecule has 2 aromatic rings. The molecular weight excluding hydrogens is 319 g/mol. The Hall–Kier alpha value is -0.870. The molecule has 84 valence electrons. The normalized spacial score (nSPS) is 12.9. The zero-order chi connectivity index (χ0) is 11.4. The smallest absolute Gasteiger partial charge is 0.124 e. The van der Waals surface area contributed by atoms with Gasteiger partial charge in [-0.25, -0.2) is 18.9 Å². The topological polar surface area (TPSA) is 87.9 Å². The minimum Gasteiger partial charge on any atom is -0.258 e. The molecule has 0 amide bonds. The number of nitrogens with two attached hydrogens (primary N) is 1. The predicted octanol–water partition coefficient (Wildman–Crippen LogP) is 0.536. The van der Waals surface area contributed by atoms with E-state index in [2.05, 4.69) is 24.5 Å². The summed E-state index contributed by atoms with van der Waals surface area (Å²) < 4.78 is 3.04. The van der Waals surface area contributed by atoms with Crippen molar-refractivity contribution in [2.45, 2.75) is 6.17 Å². The van der Waals surface area contributed by atoms with E-state index in [9.17, 15) is 0 Å². The van der Waals surface area contributed by atoms with Gasteiger partial charge in [-0.05, 0) is 6.07 Å². The monoisotopic (exact) mass is 330 g/mol. The van der Waals surface area contributed by atoms with E-state index in [1.165, 1.54) is 6.33 Å². The fourth-order valence-electron chi connectivity index (χ4n) is 1.49. The van der Waals surface area contributed by atoms with Gasteiger partial charge in [0.1, 0.15) is 12.5 Å². The van der Waals surface area contributed by atoms with Crippen molar-refractivity contribution in [2.75, 3.05) is 0 Å². The number of para-hydroxylation sites is 1. The molecule has 16 heavy (non-hydrogen) atoms. The third-order valence-electron chi connectivity index (χ3n) is 2.18. The van der Waals surface area contributed by atoms with Crippen LogP contribution in [0.3, 0.4) is 0 Å². The van der Waals surface area contributed by atoms with Gasteiger partial charge in [-0.1, -0.05) is 18.2 Å². The lowest BCUT2D eigenvalue weighted by Gasteiger charge is -2.16. The first-order chi connectivity index (χ1) is 7.86. The second-order valence-corrected chi connectivity index (χ2v) is 3.73. The summed E-state index contributed by atoms with van der Waals surface area (Å²) in [6, 6.07) is 7.82. The van der Waals surface area contributed by atoms with Gasteiger partial charge >= 0.3 is 0 Å². The van der Waals surface area contributed by atoms with Crippen molar-refractivity contribution in [3.8, 4) is 0 Å². The summed E-state index contributed by atoms with van der Waals surface area (Å²) in [5, 5.41) is 0.988. The molecule has 1 aromatic heterocycles. The summed E-state index contributed by atoms with van der Waals surface area (Å²) in [5.41, 5.74) is 7.01. The summed E-state index contributed by atoms with van der Waals surface area (Å²) in [6.45, 7) is 0. The number of hydrazine groups is 2. The van der Waals surface area contributed by atoms with Crippen LogP contribution in [0.5, 0.6) is 0 Å². The highest BCUT2D eigenvalue weighted by molar-refractivity contribution is 14.1. The maximum absolute atomic E-state index is 5.24. The highest BCUT2D eigenvalue weighted by atomic mass is 127. The lowest BCUT2D eigenvalue weighted by atomic mass is 10.1. The summed E-state index contributed by atoms with van der Waals surface area (Å²) in [4.78, 5) is 8.46. The molecule has 1 atom stereocenters. The first kappa shape index (κ1) is 11.6. The Bertz CT molecular complexity index is 471. The zero-order valence-corrected chi connectivity index (χ0v) is 10.5. The molecule has 0 fully saturated rings. The van der Waals surface area contributed by atoms with Crippen LogP contribution in [0.2, 0.25) is 0 Å². The van der Waals surface area contributed by atoms with Crippen molar-refractivity contribution in [3.05, 3.63) is 36.3 Å². The first-order valence-corrected chi connectivity index (χ1v) is 5.71. The Morgan fingerprint density at radius 2 is 2.06 bits per heavy atom. The number of hydrogen-bond acceptors (Lipinski definition) is 6. The van der Waals surface area contributed by atoms with E-state index in [1.807, 2.05) is 47.1 Å². The quantitative estimate of drug-likeness (QED) is 0.215. The van der Waals surface area contributed by atoms with Gasteiger partial charge in [0.05, 0.1) is 11.2 Å². The summed E-state index contributed by atoms with van der Waals surface area (Å²) >= 11 is 2.04. The average Bonchev–Trinajstić information content (AvgIpc) is 2.35. The Morgan fingerprint density at radius 1 is 1.25 bits per heavy atom. The third kappa shape index (κ3) is 2.28. The number of aromatic nitrogens is 2. The van der Waals surface area contributed by atoms with Crippen LogP contribution in [0.25, 0.3) is 10.9 Å². The minimum absolute atomic E-state index is 0.182. The first-order valence-electron chi connectivity index (χ1n) is 4.63. The second-order valence-electron chi connectivity index (χ2n) is 3.11. The fourth-order valence-corrected chi connectivity index (χ4v) is 1.94. The zero-order valence-electron chi connectivity index (χ0n) is 8.31. The minimum atomic E-state index is -0.182. The number of nitrogens with zero attached hydrogens (tertiary/aromatic N) is 2. The number of halogens is 1. The van der Waals surface area contributed by atoms with E-state index >= 15 is 0 Å². The molecule has 0 spiro atoms. The maximum Gasteiger partial charge on any atom is 0.124 e. The molecule has 0 bridgehead atoms. The molecule has 2 rings (SSSR count). The van der Waals surface area contributed by atoms with E-state index in [1.54, 1.807) is 0 Å². The Balaban J connectivity index is 2.50. The summed E-state index contributed by atoms with van der Waals surface area (Å²) in [5.74, 6) is 5.24. The molecule has 1 aromatic carbocycles. The molecule has 0 aliphatic heterocycles. The Morgan fingerprint density at radius 3 is 2.81 bits per heavy atom. The van der Waals surface area contributed by atoms with Crippen LogP contribution in [-0.2, 0) is 0 Å². The highest BCUT2D eigenvalue weighted by Gasteiger charge is 2.13. The van der Waals surface area contributed by atoms with Crippen LogP contribution in [0.15, 0.2) is 30.6 Å². The van der Waals surface area contributed by atoms with Crippen molar-refractivity contribution in [1.82, 2.24) is 24.5 Å². The van der Waals surface area contributed by atoms with Gasteiger partial charge in [-0.15, -0.1) is 0 Å². The second kappa shape index (κ2) is 5.46. The number of benzene rings is 1. The number of hydrogen-bond donors (Lipinski definition) is 4. The van der Waals surface area contributed by atoms with Crippen molar-refractivity contribution in [2.24, 2.45) is 5.84 Å². The van der Waals surface area contributed by atoms with Crippen molar-refractivity contribution >= 4 is 33.8 Å². The molecule has 6 nitrogen and oxygen atoms in total. The lowest BCUT2D eigenvalue weighted by molar-refractivity contribution is 0.441. The fraction of sp³-hybridized carbons (Fsp3) is 0.111. The largest absolute Gasteiger partial charge is 0.258 e. The average molecular weight is 330 g/mol. The van der Waals surface area contributed by atoms with Gasteiger partial charge in [0.2, 0.25) is 0 Å². The van der Waals surface area contributed by atoms with E-state index in [-0.39, 0.29) is 6.17 Å². The molecule has 0 radical (unpaired) electrons. The molecule has 0 aliphatic carbocycles. The van der Waals surface area contributed by atoms with Gasteiger partial charge in [0, 0.05) is 28.3 Å². The van der Waals surface area contributed by atoms with Crippen molar-refractivity contribution < 1.29 is 0 Å². The van der Waals surface area contributed by atoms with Crippen LogP contribution in [0.4, 0.5) is 0 Å². The molecule has 1 unspecified atom stereocenters. The third-order valence-corrected chi connectivity index (χ3v) is 2.81. The van der Waals surface area contributed by atoms with Gasteiger partial charge in [-0.2, -0.15) is 5.53 Å². The van der Waals surface area contributed by atoms with E-state index in [4.69, 9.17) is 5.84 Å². The Labute approximate surface area is 106 Å². The molecule has 0 saturated heterocycles. The lowest BCUT2D eigenvalue weighted by Crippen LogP contribution is -2.44. The van der Waals surface area contributed by atoms with Crippen molar-refractivity contribution in [1.29, 1.82) is 0 Å². The van der Waals surface area contributed by atoms with Crippen LogP contribution in [0.1, 0.15) is 11.9 Å². The van der Waals surface area contributed by atoms with Gasteiger partial charge in [0.15, 0.2) is 0 Å². The maximum atomic E-state index is 5.24. The van der Waals surface area contributed by atoms with E-state index < -0.39 is 0 Å². The van der Waals surface area contributed by atoms with Crippen LogP contribution in [0, 0.1) is 0 Å². The van der Waals surface area contributed by atoms with Crippen LogP contribution in [-0.4, -0.2) is 9.97 Å². The van der Waals surface area contributed by atoms with E-state index in [0.717, 1.165) is 16.6 Å². The number of fused-ring (bicyclic) bond motifs is 1. The summed E-state index contributed by atoms with van der Waals surface area (Å²) in [7, 11) is 0. The van der Waals surface area contributed by atoms with Crippen LogP contribution < -0.4 is 20.3 Å². The van der Waals surface area contributed by atoms with E-state index in [0.29, 0.717) is 0 Å². The van der Waals surface area contributed by atoms with Gasteiger partial charge in [0.25, 0.3) is 0 Å². The van der Waals surface area contributed by atoms with Gasteiger partial charge < -0.3 is 0 Å². The molecule has 5 N–H and O–H groups in total. The molecule has 0 aliphatic rings.